The molecule has 0 radical (unpaired) electrons. The Hall–Kier alpha value is -2.92. The normalized spacial score (nSPS) is 14.4. The number of anilines is 1. The fourth-order valence-corrected chi connectivity index (χ4v) is 6.27. The third kappa shape index (κ3) is 5.57. The number of fused-ring (bicyclic) bond motifs is 3. The summed E-state index contributed by atoms with van der Waals surface area (Å²) in [7, 11) is 1.60. The zero-order valence-corrected chi connectivity index (χ0v) is 21.8. The molecule has 5 rings (SSSR count). The summed E-state index contributed by atoms with van der Waals surface area (Å²) >= 11 is 2.79. The van der Waals surface area contributed by atoms with E-state index in [1.807, 2.05) is 24.3 Å². The predicted octanol–water partition coefficient (Wildman–Crippen LogP) is 2.66. The van der Waals surface area contributed by atoms with Crippen LogP contribution in [-0.2, 0) is 16.1 Å². The topological polar surface area (TPSA) is 86.9 Å². The fourth-order valence-electron chi connectivity index (χ4n) is 4.36. The van der Waals surface area contributed by atoms with Crippen molar-refractivity contribution in [3.05, 3.63) is 58.9 Å². The summed E-state index contributed by atoms with van der Waals surface area (Å²) in [6, 6.07) is 15.1. The van der Waals surface area contributed by atoms with E-state index in [2.05, 4.69) is 5.32 Å². The number of amides is 1. The van der Waals surface area contributed by atoms with Crippen molar-refractivity contribution in [3.63, 3.8) is 0 Å². The van der Waals surface area contributed by atoms with Gasteiger partial charge < -0.3 is 19.7 Å². The van der Waals surface area contributed by atoms with Gasteiger partial charge in [0, 0.05) is 28.7 Å². The molecule has 0 atom stereocenters. The van der Waals surface area contributed by atoms with Gasteiger partial charge in [0.2, 0.25) is 5.91 Å². The van der Waals surface area contributed by atoms with Crippen LogP contribution in [0.15, 0.2) is 58.5 Å². The molecule has 1 saturated heterocycles. The minimum absolute atomic E-state index is 0.0313. The molecule has 1 fully saturated rings. The Morgan fingerprint density at radius 1 is 1.19 bits per heavy atom. The lowest BCUT2D eigenvalue weighted by Gasteiger charge is -2.23. The van der Waals surface area contributed by atoms with Gasteiger partial charge in [0.05, 0.1) is 38.1 Å². The predicted molar refractivity (Wildman–Crippen MR) is 145 cm³/mol. The third-order valence-electron chi connectivity index (χ3n) is 6.27. The van der Waals surface area contributed by atoms with E-state index in [0.717, 1.165) is 55.1 Å². The van der Waals surface area contributed by atoms with Crippen molar-refractivity contribution in [1.82, 2.24) is 9.55 Å². The number of thioether (sulfide) groups is 1. The second-order valence-electron chi connectivity index (χ2n) is 8.66. The number of aromatic nitrogens is 2. The Labute approximate surface area is 217 Å². The van der Waals surface area contributed by atoms with Crippen LogP contribution in [0.3, 0.4) is 0 Å². The first-order valence-corrected chi connectivity index (χ1v) is 13.8. The van der Waals surface area contributed by atoms with Crippen LogP contribution < -0.4 is 20.5 Å². The molecular formula is C26H29N4O4S2+. The molecule has 2 aromatic carbocycles. The zero-order chi connectivity index (χ0) is 24.9. The number of hydrogen-bond donors (Lipinski definition) is 2. The van der Waals surface area contributed by atoms with Gasteiger partial charge in [0.25, 0.3) is 5.56 Å². The summed E-state index contributed by atoms with van der Waals surface area (Å²) < 4.78 is 14.1. The van der Waals surface area contributed by atoms with Crippen molar-refractivity contribution in [2.75, 3.05) is 51.0 Å². The molecule has 1 aliphatic rings. The summed E-state index contributed by atoms with van der Waals surface area (Å²) in [5.41, 5.74) is 1.38. The van der Waals surface area contributed by atoms with Gasteiger partial charge in [-0.15, -0.1) is 11.3 Å². The van der Waals surface area contributed by atoms with Gasteiger partial charge in [-0.25, -0.2) is 4.98 Å². The van der Waals surface area contributed by atoms with Gasteiger partial charge in [-0.3, -0.25) is 14.2 Å². The molecule has 0 spiro atoms. The largest absolute Gasteiger partial charge is 0.497 e. The van der Waals surface area contributed by atoms with E-state index in [-0.39, 0.29) is 17.2 Å². The number of thiophene rings is 1. The molecule has 3 heterocycles. The molecule has 0 bridgehead atoms. The number of carbonyl (C=O) groups is 1. The van der Waals surface area contributed by atoms with E-state index in [9.17, 15) is 9.59 Å². The standard InChI is InChI=1S/C26H28N4O4S2/c1-33-19-9-7-18(8-10-19)27-22(31)17-35-26-28-23-20-5-2-3-6-21(20)36-24(23)25(32)30(26)12-4-11-29-13-15-34-16-14-29/h2-3,5-10H,4,11-17H2,1H3,(H,27,31)/p+1. The van der Waals surface area contributed by atoms with E-state index < -0.39 is 0 Å². The molecule has 4 aromatic rings. The molecule has 36 heavy (non-hydrogen) atoms. The zero-order valence-electron chi connectivity index (χ0n) is 20.1. The Kier molecular flexibility index (Phi) is 7.86. The highest BCUT2D eigenvalue weighted by atomic mass is 32.2. The molecule has 1 amide bonds. The van der Waals surface area contributed by atoms with Crippen molar-refractivity contribution >= 4 is 55.0 Å². The first kappa shape index (κ1) is 24.8. The van der Waals surface area contributed by atoms with Gasteiger partial charge in [-0.1, -0.05) is 30.0 Å². The third-order valence-corrected chi connectivity index (χ3v) is 8.39. The highest BCUT2D eigenvalue weighted by Gasteiger charge is 2.19. The molecule has 0 aliphatic carbocycles. The lowest BCUT2D eigenvalue weighted by atomic mass is 10.2. The summed E-state index contributed by atoms with van der Waals surface area (Å²) in [4.78, 5) is 32.7. The molecule has 188 valence electrons. The van der Waals surface area contributed by atoms with E-state index in [0.29, 0.717) is 27.6 Å². The van der Waals surface area contributed by atoms with Crippen LogP contribution in [0.2, 0.25) is 0 Å². The number of quaternary nitrogens is 1. The first-order valence-electron chi connectivity index (χ1n) is 12.0. The van der Waals surface area contributed by atoms with Gasteiger partial charge in [-0.2, -0.15) is 0 Å². The summed E-state index contributed by atoms with van der Waals surface area (Å²) in [6.07, 6.45) is 0.860. The van der Waals surface area contributed by atoms with Crippen LogP contribution in [-0.4, -0.2) is 61.2 Å². The quantitative estimate of drug-likeness (QED) is 0.258. The summed E-state index contributed by atoms with van der Waals surface area (Å²) in [5.74, 6) is 0.727. The number of nitrogens with one attached hydrogen (secondary N) is 2. The monoisotopic (exact) mass is 525 g/mol. The highest BCUT2D eigenvalue weighted by Crippen LogP contribution is 2.31. The van der Waals surface area contributed by atoms with E-state index in [4.69, 9.17) is 14.5 Å². The number of hydrogen-bond acceptors (Lipinski definition) is 7. The number of nitrogens with zero attached hydrogens (tertiary/aromatic N) is 2. The SMILES string of the molecule is COc1ccc(NC(=O)CSc2nc3c(sc4ccccc43)c(=O)n2CCC[NH+]2CCOCC2)cc1. The van der Waals surface area contributed by atoms with Gasteiger partial charge in [-0.05, 0) is 30.3 Å². The van der Waals surface area contributed by atoms with E-state index in [1.54, 1.807) is 35.9 Å². The maximum absolute atomic E-state index is 13.6. The Balaban J connectivity index is 1.36. The van der Waals surface area contributed by atoms with Crippen molar-refractivity contribution in [3.8, 4) is 5.75 Å². The maximum Gasteiger partial charge on any atom is 0.272 e. The number of carbonyl (C=O) groups excluding carboxylic acids is 1. The van der Waals surface area contributed by atoms with Gasteiger partial charge in [0.15, 0.2) is 5.16 Å². The van der Waals surface area contributed by atoms with E-state index >= 15 is 0 Å². The van der Waals surface area contributed by atoms with Gasteiger partial charge >= 0.3 is 0 Å². The molecule has 8 nitrogen and oxygen atoms in total. The minimum Gasteiger partial charge on any atom is -0.497 e. The average Bonchev–Trinajstić information content (AvgIpc) is 3.29. The number of morpholine rings is 1. The Bertz CT molecular complexity index is 1410. The number of ether oxygens (including phenoxy) is 2. The van der Waals surface area contributed by atoms with Crippen LogP contribution in [0.1, 0.15) is 6.42 Å². The van der Waals surface area contributed by atoms with Crippen LogP contribution in [0.25, 0.3) is 20.3 Å². The summed E-state index contributed by atoms with van der Waals surface area (Å²) in [5, 5.41) is 4.46. The Morgan fingerprint density at radius 2 is 1.97 bits per heavy atom. The van der Waals surface area contributed by atoms with Crippen LogP contribution in [0, 0.1) is 0 Å². The van der Waals surface area contributed by atoms with Gasteiger partial charge in [0.1, 0.15) is 23.5 Å². The molecule has 2 aromatic heterocycles. The first-order chi connectivity index (χ1) is 17.6. The maximum atomic E-state index is 13.6. The fraction of sp³-hybridized carbons (Fsp3) is 0.346. The highest BCUT2D eigenvalue weighted by molar-refractivity contribution is 7.99. The van der Waals surface area contributed by atoms with Crippen LogP contribution in [0.4, 0.5) is 5.69 Å². The lowest BCUT2D eigenvalue weighted by molar-refractivity contribution is -0.908. The number of rotatable bonds is 9. The average molecular weight is 526 g/mol. The summed E-state index contributed by atoms with van der Waals surface area (Å²) in [6.45, 7) is 5.11. The molecule has 1 aliphatic heterocycles. The van der Waals surface area contributed by atoms with Crippen molar-refractivity contribution in [2.24, 2.45) is 0 Å². The molecular weight excluding hydrogens is 496 g/mol. The molecule has 0 unspecified atom stereocenters. The van der Waals surface area contributed by atoms with Crippen molar-refractivity contribution < 1.29 is 19.2 Å². The van der Waals surface area contributed by atoms with Crippen molar-refractivity contribution in [2.45, 2.75) is 18.1 Å². The lowest BCUT2D eigenvalue weighted by Crippen LogP contribution is -3.14. The number of benzene rings is 2. The van der Waals surface area contributed by atoms with Crippen molar-refractivity contribution in [1.29, 1.82) is 0 Å². The molecule has 2 N–H and O–H groups in total. The molecule has 0 saturated carbocycles. The van der Waals surface area contributed by atoms with Crippen LogP contribution >= 0.6 is 23.1 Å². The van der Waals surface area contributed by atoms with E-state index in [1.165, 1.54) is 28.0 Å². The minimum atomic E-state index is -0.154. The van der Waals surface area contributed by atoms with Crippen LogP contribution in [0.5, 0.6) is 5.75 Å². The second-order valence-corrected chi connectivity index (χ2v) is 10.7. The smallest absolute Gasteiger partial charge is 0.272 e. The second kappa shape index (κ2) is 11.4. The molecule has 10 heteroatoms. The number of methoxy groups -OCH3 is 1. The Morgan fingerprint density at radius 3 is 2.75 bits per heavy atom.